The number of nitrogens with zero attached hydrogens (tertiary/aromatic N) is 1. The lowest BCUT2D eigenvalue weighted by Gasteiger charge is -2.59. The number of hydrogen-bond donors (Lipinski definition) is 1. The zero-order valence-corrected chi connectivity index (χ0v) is 11.9. The zero-order chi connectivity index (χ0) is 12.8. The molecule has 0 unspecified atom stereocenters. The number of nitrogens with one attached hydrogen (secondary N) is 1. The lowest BCUT2D eigenvalue weighted by Crippen LogP contribution is -2.53. The molecule has 5 fully saturated rings. The van der Waals surface area contributed by atoms with Crippen molar-refractivity contribution in [3.63, 3.8) is 0 Å². The lowest BCUT2D eigenvalue weighted by atomic mass is 9.47. The van der Waals surface area contributed by atoms with E-state index in [2.05, 4.69) is 11.4 Å². The Bertz CT molecular complexity index is 349. The van der Waals surface area contributed by atoms with Crippen molar-refractivity contribution >= 4 is 0 Å². The Kier molecular flexibility index (Phi) is 3.07. The fraction of sp³-hybridized carbons (Fsp3) is 0.941. The molecule has 5 rings (SSSR count). The smallest absolute Gasteiger partial charge is 0.0635 e. The van der Waals surface area contributed by atoms with E-state index in [1.807, 2.05) is 0 Å². The molecule has 104 valence electrons. The first-order chi connectivity index (χ1) is 9.33. The topological polar surface area (TPSA) is 35.8 Å². The number of rotatable bonds is 4. The summed E-state index contributed by atoms with van der Waals surface area (Å²) in [6, 6.07) is 2.96. The van der Waals surface area contributed by atoms with E-state index in [9.17, 15) is 0 Å². The van der Waals surface area contributed by atoms with Crippen LogP contribution in [0.3, 0.4) is 0 Å². The Labute approximate surface area is 116 Å². The van der Waals surface area contributed by atoms with Crippen molar-refractivity contribution in [2.75, 3.05) is 6.54 Å². The Hall–Kier alpha value is -0.550. The molecule has 1 N–H and O–H groups in total. The molecule has 5 aliphatic carbocycles. The van der Waals surface area contributed by atoms with Gasteiger partial charge in [0.15, 0.2) is 0 Å². The maximum absolute atomic E-state index is 8.57. The first-order valence-corrected chi connectivity index (χ1v) is 8.43. The molecule has 4 bridgehead atoms. The largest absolute Gasteiger partial charge is 0.313 e. The molecule has 0 atom stereocenters. The molecule has 5 aliphatic rings. The van der Waals surface area contributed by atoms with Crippen LogP contribution in [0.4, 0.5) is 0 Å². The highest BCUT2D eigenvalue weighted by Gasteiger charge is 2.52. The SMILES string of the molecule is N#CCCNC1CC(C2C3CC4CC(C3)CC2C4)C1. The summed E-state index contributed by atoms with van der Waals surface area (Å²) in [4.78, 5) is 0. The average molecular weight is 258 g/mol. The molecule has 2 heteroatoms. The van der Waals surface area contributed by atoms with Crippen molar-refractivity contribution in [2.45, 2.75) is 57.4 Å². The molecule has 0 spiro atoms. The Morgan fingerprint density at radius 2 is 1.42 bits per heavy atom. The van der Waals surface area contributed by atoms with Crippen LogP contribution in [0, 0.1) is 46.8 Å². The summed E-state index contributed by atoms with van der Waals surface area (Å²) in [5.74, 6) is 6.53. The van der Waals surface area contributed by atoms with Crippen molar-refractivity contribution in [2.24, 2.45) is 35.5 Å². The van der Waals surface area contributed by atoms with E-state index in [-0.39, 0.29) is 0 Å². The predicted octanol–water partition coefficient (Wildman–Crippen LogP) is 3.34. The van der Waals surface area contributed by atoms with Gasteiger partial charge in [0.05, 0.1) is 6.07 Å². The molecule has 0 aromatic heterocycles. The first kappa shape index (κ1) is 12.2. The van der Waals surface area contributed by atoms with Crippen molar-refractivity contribution in [3.05, 3.63) is 0 Å². The van der Waals surface area contributed by atoms with Crippen molar-refractivity contribution in [1.82, 2.24) is 5.32 Å². The maximum Gasteiger partial charge on any atom is 0.0635 e. The summed E-state index contributed by atoms with van der Waals surface area (Å²) in [6.07, 6.45) is 11.3. The van der Waals surface area contributed by atoms with Gasteiger partial charge < -0.3 is 5.32 Å². The Balaban J connectivity index is 1.31. The third kappa shape index (κ3) is 2.11. The molecule has 0 aromatic carbocycles. The third-order valence-corrected chi connectivity index (χ3v) is 6.69. The maximum atomic E-state index is 8.57. The fourth-order valence-corrected chi connectivity index (χ4v) is 6.21. The molecule has 5 saturated carbocycles. The summed E-state index contributed by atoms with van der Waals surface area (Å²) in [7, 11) is 0. The highest BCUT2D eigenvalue weighted by molar-refractivity contribution is 5.03. The summed E-state index contributed by atoms with van der Waals surface area (Å²) >= 11 is 0. The Morgan fingerprint density at radius 3 is 2.00 bits per heavy atom. The van der Waals surface area contributed by atoms with E-state index < -0.39 is 0 Å². The highest BCUT2D eigenvalue weighted by atomic mass is 14.9. The lowest BCUT2D eigenvalue weighted by molar-refractivity contribution is -0.0822. The zero-order valence-electron chi connectivity index (χ0n) is 11.9. The highest BCUT2D eigenvalue weighted by Crippen LogP contribution is 2.60. The second-order valence-electron chi connectivity index (χ2n) is 7.80. The predicted molar refractivity (Wildman–Crippen MR) is 75.3 cm³/mol. The summed E-state index contributed by atoms with van der Waals surface area (Å²) < 4.78 is 0. The van der Waals surface area contributed by atoms with Gasteiger partial charge in [0.2, 0.25) is 0 Å². The van der Waals surface area contributed by atoms with Crippen molar-refractivity contribution in [1.29, 1.82) is 5.26 Å². The van der Waals surface area contributed by atoms with Crippen LogP contribution in [0.25, 0.3) is 0 Å². The van der Waals surface area contributed by atoms with Gasteiger partial charge in [-0.3, -0.25) is 0 Å². The van der Waals surface area contributed by atoms with Gasteiger partial charge >= 0.3 is 0 Å². The van der Waals surface area contributed by atoms with Gasteiger partial charge in [-0.2, -0.15) is 5.26 Å². The summed E-state index contributed by atoms with van der Waals surface area (Å²) in [5.41, 5.74) is 0. The second kappa shape index (κ2) is 4.77. The van der Waals surface area contributed by atoms with Gasteiger partial charge in [0.1, 0.15) is 0 Å². The van der Waals surface area contributed by atoms with Gasteiger partial charge in [-0.15, -0.1) is 0 Å². The molecule has 0 aliphatic heterocycles. The van der Waals surface area contributed by atoms with Crippen LogP contribution in [0.2, 0.25) is 0 Å². The van der Waals surface area contributed by atoms with Crippen LogP contribution in [-0.2, 0) is 0 Å². The number of hydrogen-bond acceptors (Lipinski definition) is 2. The van der Waals surface area contributed by atoms with E-state index in [0.717, 1.165) is 48.1 Å². The van der Waals surface area contributed by atoms with Crippen LogP contribution >= 0.6 is 0 Å². The summed E-state index contributed by atoms with van der Waals surface area (Å²) in [6.45, 7) is 0.898. The molecular formula is C17H26N2. The monoisotopic (exact) mass is 258 g/mol. The summed E-state index contributed by atoms with van der Waals surface area (Å²) in [5, 5.41) is 12.1. The van der Waals surface area contributed by atoms with Crippen molar-refractivity contribution < 1.29 is 0 Å². The molecule has 19 heavy (non-hydrogen) atoms. The van der Waals surface area contributed by atoms with E-state index >= 15 is 0 Å². The molecular weight excluding hydrogens is 232 g/mol. The third-order valence-electron chi connectivity index (χ3n) is 6.69. The van der Waals surface area contributed by atoms with Crippen LogP contribution in [0.5, 0.6) is 0 Å². The number of nitriles is 1. The standard InChI is InChI=1S/C17H26N2/c18-2-1-3-19-16-9-15(10-16)17-13-5-11-4-12(7-13)8-14(17)6-11/h11-17,19H,1,3-10H2. The van der Waals surface area contributed by atoms with E-state index in [1.54, 1.807) is 32.1 Å². The molecule has 0 aromatic rings. The van der Waals surface area contributed by atoms with Crippen molar-refractivity contribution in [3.8, 4) is 6.07 Å². The fourth-order valence-electron chi connectivity index (χ4n) is 6.21. The van der Waals surface area contributed by atoms with Crippen LogP contribution < -0.4 is 5.32 Å². The second-order valence-corrected chi connectivity index (χ2v) is 7.80. The quantitative estimate of drug-likeness (QED) is 0.785. The van der Waals surface area contributed by atoms with Gasteiger partial charge in [-0.25, -0.2) is 0 Å². The van der Waals surface area contributed by atoms with Crippen LogP contribution in [0.1, 0.15) is 51.4 Å². The first-order valence-electron chi connectivity index (χ1n) is 8.43. The molecule has 0 heterocycles. The van der Waals surface area contributed by atoms with E-state index in [4.69, 9.17) is 5.26 Å². The van der Waals surface area contributed by atoms with Gasteiger partial charge in [-0.1, -0.05) is 0 Å². The van der Waals surface area contributed by atoms with E-state index in [1.165, 1.54) is 12.8 Å². The molecule has 0 amide bonds. The molecule has 2 nitrogen and oxygen atoms in total. The Morgan fingerprint density at radius 1 is 0.842 bits per heavy atom. The minimum absolute atomic E-state index is 0.666. The van der Waals surface area contributed by atoms with Crippen LogP contribution in [0.15, 0.2) is 0 Å². The normalized spacial score (nSPS) is 50.8. The van der Waals surface area contributed by atoms with Crippen LogP contribution in [-0.4, -0.2) is 12.6 Å². The molecule has 0 radical (unpaired) electrons. The average Bonchev–Trinajstić information content (AvgIpc) is 2.33. The van der Waals surface area contributed by atoms with E-state index in [0.29, 0.717) is 6.42 Å². The van der Waals surface area contributed by atoms with Gasteiger partial charge in [-0.05, 0) is 80.5 Å². The minimum Gasteiger partial charge on any atom is -0.313 e. The van der Waals surface area contributed by atoms with Gasteiger partial charge in [0, 0.05) is 19.0 Å². The minimum atomic E-state index is 0.666. The molecule has 0 saturated heterocycles. The van der Waals surface area contributed by atoms with Gasteiger partial charge in [0.25, 0.3) is 0 Å².